The Kier molecular flexibility index (Phi) is 4.68. The zero-order valence-corrected chi connectivity index (χ0v) is 13.4. The Balaban J connectivity index is 2.18. The number of aromatic nitrogens is 1. The van der Waals surface area contributed by atoms with Crippen LogP contribution in [0, 0.1) is 0 Å². The average molecular weight is 305 g/mol. The van der Waals surface area contributed by atoms with Crippen molar-refractivity contribution in [3.05, 3.63) is 24.0 Å². The number of hydrogen-bond acceptors (Lipinski definition) is 3. The molecule has 0 radical (unpaired) electrons. The highest BCUT2D eigenvalue weighted by atomic mass is 16.2. The molecule has 1 fully saturated rings. The van der Waals surface area contributed by atoms with Crippen molar-refractivity contribution >= 4 is 17.7 Å². The number of aryl methyl sites for hydroxylation is 1. The van der Waals surface area contributed by atoms with E-state index in [2.05, 4.69) is 5.32 Å². The number of ketones is 1. The molecule has 1 saturated heterocycles. The van der Waals surface area contributed by atoms with Gasteiger partial charge in [-0.25, -0.2) is 4.79 Å². The number of nitrogens with zero attached hydrogens (tertiary/aromatic N) is 2. The minimum Gasteiger partial charge on any atom is -0.348 e. The van der Waals surface area contributed by atoms with E-state index in [-0.39, 0.29) is 18.2 Å². The first-order valence-electron chi connectivity index (χ1n) is 7.74. The highest BCUT2D eigenvalue weighted by Gasteiger charge is 2.50. The first-order valence-corrected chi connectivity index (χ1v) is 7.74. The Labute approximate surface area is 130 Å². The van der Waals surface area contributed by atoms with E-state index in [1.54, 1.807) is 29.9 Å². The van der Waals surface area contributed by atoms with Crippen molar-refractivity contribution in [2.75, 3.05) is 6.54 Å². The number of hydrogen-bond donors (Lipinski definition) is 1. The smallest absolute Gasteiger partial charge is 0.325 e. The third-order valence-electron chi connectivity index (χ3n) is 4.13. The van der Waals surface area contributed by atoms with Crippen LogP contribution in [0.5, 0.6) is 0 Å². The number of imide groups is 1. The van der Waals surface area contributed by atoms with Crippen LogP contribution in [0.25, 0.3) is 0 Å². The van der Waals surface area contributed by atoms with Crippen LogP contribution in [0.1, 0.15) is 50.0 Å². The minimum absolute atomic E-state index is 0.211. The molecule has 1 N–H and O–H groups in total. The van der Waals surface area contributed by atoms with Crippen LogP contribution in [0.2, 0.25) is 0 Å². The maximum absolute atomic E-state index is 12.7. The molecule has 2 heterocycles. The van der Waals surface area contributed by atoms with Gasteiger partial charge in [0, 0.05) is 13.2 Å². The largest absolute Gasteiger partial charge is 0.348 e. The van der Waals surface area contributed by atoms with Gasteiger partial charge in [-0.15, -0.1) is 0 Å². The van der Waals surface area contributed by atoms with E-state index < -0.39 is 11.6 Å². The van der Waals surface area contributed by atoms with Gasteiger partial charge in [0.1, 0.15) is 5.54 Å². The number of carbonyl (C=O) groups excluding carboxylic acids is 3. The summed E-state index contributed by atoms with van der Waals surface area (Å²) in [5.74, 6) is -0.511. The summed E-state index contributed by atoms with van der Waals surface area (Å²) < 4.78 is 1.69. The Morgan fingerprint density at radius 2 is 1.86 bits per heavy atom. The summed E-state index contributed by atoms with van der Waals surface area (Å²) >= 11 is 0. The Morgan fingerprint density at radius 3 is 2.36 bits per heavy atom. The number of carbonyl (C=O) groups is 3. The molecule has 0 spiro atoms. The van der Waals surface area contributed by atoms with Gasteiger partial charge in [0.2, 0.25) is 0 Å². The molecule has 2 rings (SSSR count). The SMILES string of the molecule is CCCC1(CCC)NC(=O)N(CC(=O)c2cccn2C)C1=O. The van der Waals surface area contributed by atoms with E-state index in [4.69, 9.17) is 0 Å². The van der Waals surface area contributed by atoms with E-state index in [9.17, 15) is 14.4 Å². The molecule has 0 bridgehead atoms. The standard InChI is InChI=1S/C16H23N3O3/c1-4-8-16(9-5-2)14(21)19(15(22)17-16)11-13(20)12-7-6-10-18(12)3/h6-7,10H,4-5,8-9,11H2,1-3H3,(H,17,22). The second-order valence-electron chi connectivity index (χ2n) is 5.83. The number of rotatable bonds is 7. The molecule has 22 heavy (non-hydrogen) atoms. The number of Topliss-reactive ketones (excluding diaryl/α,β-unsaturated/α-hetero) is 1. The highest BCUT2D eigenvalue weighted by molar-refractivity contribution is 6.10. The summed E-state index contributed by atoms with van der Waals surface area (Å²) in [6, 6.07) is 2.98. The molecule has 1 aromatic rings. The van der Waals surface area contributed by atoms with Gasteiger partial charge in [0.15, 0.2) is 5.78 Å². The van der Waals surface area contributed by atoms with Crippen LogP contribution in [-0.4, -0.2) is 39.3 Å². The molecule has 1 aromatic heterocycles. The van der Waals surface area contributed by atoms with Gasteiger partial charge >= 0.3 is 6.03 Å². The normalized spacial score (nSPS) is 17.0. The Hall–Kier alpha value is -2.11. The van der Waals surface area contributed by atoms with Gasteiger partial charge in [-0.2, -0.15) is 0 Å². The van der Waals surface area contributed by atoms with E-state index in [0.717, 1.165) is 17.7 Å². The molecular weight excluding hydrogens is 282 g/mol. The minimum atomic E-state index is -0.838. The first kappa shape index (κ1) is 16.3. The van der Waals surface area contributed by atoms with Gasteiger partial charge in [-0.05, 0) is 25.0 Å². The number of nitrogens with one attached hydrogen (secondary N) is 1. The quantitative estimate of drug-likeness (QED) is 0.619. The summed E-state index contributed by atoms with van der Waals surface area (Å²) in [4.78, 5) is 38.2. The van der Waals surface area contributed by atoms with Crippen LogP contribution in [-0.2, 0) is 11.8 Å². The predicted molar refractivity (Wildman–Crippen MR) is 82.5 cm³/mol. The fraction of sp³-hybridized carbons (Fsp3) is 0.562. The molecule has 1 aliphatic rings. The molecule has 3 amide bonds. The third-order valence-corrected chi connectivity index (χ3v) is 4.13. The van der Waals surface area contributed by atoms with Crippen LogP contribution >= 0.6 is 0 Å². The van der Waals surface area contributed by atoms with Crippen molar-refractivity contribution in [1.82, 2.24) is 14.8 Å². The van der Waals surface area contributed by atoms with Gasteiger partial charge in [0.05, 0.1) is 12.2 Å². The van der Waals surface area contributed by atoms with E-state index in [1.807, 2.05) is 13.8 Å². The molecule has 1 aliphatic heterocycles. The third kappa shape index (κ3) is 2.77. The second-order valence-corrected chi connectivity index (χ2v) is 5.83. The lowest BCUT2D eigenvalue weighted by molar-refractivity contribution is -0.131. The van der Waals surface area contributed by atoms with Crippen LogP contribution in [0.15, 0.2) is 18.3 Å². The van der Waals surface area contributed by atoms with E-state index >= 15 is 0 Å². The fourth-order valence-corrected chi connectivity index (χ4v) is 3.11. The lowest BCUT2D eigenvalue weighted by Gasteiger charge is -2.25. The zero-order valence-electron chi connectivity index (χ0n) is 13.4. The van der Waals surface area contributed by atoms with Crippen LogP contribution in [0.4, 0.5) is 4.79 Å². The molecule has 0 unspecified atom stereocenters. The molecule has 0 aromatic carbocycles. The van der Waals surface area contributed by atoms with Gasteiger partial charge in [-0.1, -0.05) is 26.7 Å². The monoisotopic (exact) mass is 305 g/mol. The Bertz CT molecular complexity index is 585. The van der Waals surface area contributed by atoms with Gasteiger partial charge < -0.3 is 9.88 Å². The lowest BCUT2D eigenvalue weighted by Crippen LogP contribution is -2.47. The summed E-state index contributed by atoms with van der Waals surface area (Å²) in [5.41, 5.74) is -0.348. The van der Waals surface area contributed by atoms with Gasteiger partial charge in [0.25, 0.3) is 5.91 Å². The van der Waals surface area contributed by atoms with Crippen molar-refractivity contribution in [2.45, 2.75) is 45.1 Å². The molecule has 0 aliphatic carbocycles. The Morgan fingerprint density at radius 1 is 1.23 bits per heavy atom. The molecule has 6 heteroatoms. The molecule has 6 nitrogen and oxygen atoms in total. The predicted octanol–water partition coefficient (Wildman–Crippen LogP) is 2.10. The van der Waals surface area contributed by atoms with Gasteiger partial charge in [-0.3, -0.25) is 14.5 Å². The molecule has 120 valence electrons. The summed E-state index contributed by atoms with van der Waals surface area (Å²) in [6.07, 6.45) is 4.55. The topological polar surface area (TPSA) is 71.4 Å². The van der Waals surface area contributed by atoms with Crippen molar-refractivity contribution in [3.63, 3.8) is 0 Å². The van der Waals surface area contributed by atoms with Crippen molar-refractivity contribution < 1.29 is 14.4 Å². The van der Waals surface area contributed by atoms with Crippen molar-refractivity contribution in [2.24, 2.45) is 7.05 Å². The average Bonchev–Trinajstić information content (AvgIpc) is 2.98. The molecule has 0 saturated carbocycles. The second kappa shape index (κ2) is 6.34. The van der Waals surface area contributed by atoms with Crippen molar-refractivity contribution in [3.8, 4) is 0 Å². The molecule has 0 atom stereocenters. The highest BCUT2D eigenvalue weighted by Crippen LogP contribution is 2.28. The first-order chi connectivity index (χ1) is 10.4. The van der Waals surface area contributed by atoms with Crippen LogP contribution in [0.3, 0.4) is 0 Å². The maximum atomic E-state index is 12.7. The summed E-state index contributed by atoms with van der Waals surface area (Å²) in [7, 11) is 1.76. The zero-order chi connectivity index (χ0) is 16.3. The summed E-state index contributed by atoms with van der Waals surface area (Å²) in [5, 5.41) is 2.81. The van der Waals surface area contributed by atoms with Crippen molar-refractivity contribution in [1.29, 1.82) is 0 Å². The van der Waals surface area contributed by atoms with E-state index in [0.29, 0.717) is 18.5 Å². The number of amides is 3. The number of urea groups is 1. The maximum Gasteiger partial charge on any atom is 0.325 e. The fourth-order valence-electron chi connectivity index (χ4n) is 3.11. The molecular formula is C16H23N3O3. The summed E-state index contributed by atoms with van der Waals surface area (Å²) in [6.45, 7) is 3.75. The van der Waals surface area contributed by atoms with Crippen LogP contribution < -0.4 is 5.32 Å². The van der Waals surface area contributed by atoms with E-state index in [1.165, 1.54) is 0 Å². The lowest BCUT2D eigenvalue weighted by atomic mass is 9.88.